The van der Waals surface area contributed by atoms with Crippen LogP contribution >= 0.6 is 11.8 Å². The van der Waals surface area contributed by atoms with Gasteiger partial charge in [-0.25, -0.2) is 0 Å². The Labute approximate surface area is 162 Å². The second kappa shape index (κ2) is 7.32. The Morgan fingerprint density at radius 1 is 1.11 bits per heavy atom. The van der Waals surface area contributed by atoms with Crippen molar-refractivity contribution in [3.8, 4) is 5.75 Å². The van der Waals surface area contributed by atoms with Crippen LogP contribution in [-0.2, 0) is 0 Å². The van der Waals surface area contributed by atoms with E-state index >= 15 is 0 Å². The minimum absolute atomic E-state index is 0.0678. The first-order valence-corrected chi connectivity index (χ1v) is 9.77. The van der Waals surface area contributed by atoms with Gasteiger partial charge in [0.25, 0.3) is 5.91 Å². The molecule has 27 heavy (non-hydrogen) atoms. The topological polar surface area (TPSA) is 54.5 Å². The molecule has 1 aliphatic rings. The lowest BCUT2D eigenvalue weighted by Crippen LogP contribution is -2.32. The summed E-state index contributed by atoms with van der Waals surface area (Å²) in [6.45, 7) is 0. The maximum atomic E-state index is 13.1. The molecule has 1 aromatic heterocycles. The molecule has 0 unspecified atom stereocenters. The number of thioether (sulfide) groups is 1. The quantitative estimate of drug-likeness (QED) is 0.660. The molecule has 1 atom stereocenters. The fraction of sp³-hybridized carbons (Fsp3) is 0.143. The van der Waals surface area contributed by atoms with E-state index in [2.05, 4.69) is 22.4 Å². The molecule has 1 aliphatic heterocycles. The predicted octanol–water partition coefficient (Wildman–Crippen LogP) is 4.58. The molecule has 2 aromatic carbocycles. The van der Waals surface area contributed by atoms with E-state index in [1.54, 1.807) is 36.0 Å². The van der Waals surface area contributed by atoms with Crippen molar-refractivity contribution in [3.05, 3.63) is 78.1 Å². The summed E-state index contributed by atoms with van der Waals surface area (Å²) in [6, 6.07) is 19.2. The zero-order valence-electron chi connectivity index (χ0n) is 15.0. The second-order valence-corrected chi connectivity index (χ2v) is 6.97. The molecule has 0 saturated carbocycles. The monoisotopic (exact) mass is 377 g/mol. The number of carbonyl (C=O) groups excluding carboxylic acids is 1. The SMILES string of the molecule is COc1ccc(N2C(=O)c3cccnc3[C@@H]2Nc2cccc(SC)c2)cc1. The number of rotatable bonds is 5. The van der Waals surface area contributed by atoms with E-state index in [0.29, 0.717) is 5.56 Å². The number of nitrogens with one attached hydrogen (secondary N) is 1. The fourth-order valence-electron chi connectivity index (χ4n) is 3.20. The van der Waals surface area contributed by atoms with Gasteiger partial charge in [-0.2, -0.15) is 0 Å². The molecular weight excluding hydrogens is 358 g/mol. The number of hydrogen-bond acceptors (Lipinski definition) is 5. The zero-order valence-corrected chi connectivity index (χ0v) is 15.9. The number of hydrogen-bond donors (Lipinski definition) is 1. The minimum atomic E-state index is -0.376. The minimum Gasteiger partial charge on any atom is -0.497 e. The zero-order chi connectivity index (χ0) is 18.8. The van der Waals surface area contributed by atoms with Crippen molar-refractivity contribution < 1.29 is 9.53 Å². The molecule has 0 radical (unpaired) electrons. The van der Waals surface area contributed by atoms with Crippen LogP contribution in [0.15, 0.2) is 71.8 Å². The van der Waals surface area contributed by atoms with Crippen molar-refractivity contribution in [3.63, 3.8) is 0 Å². The van der Waals surface area contributed by atoms with Gasteiger partial charge in [0.15, 0.2) is 6.17 Å². The lowest BCUT2D eigenvalue weighted by Gasteiger charge is -2.26. The van der Waals surface area contributed by atoms with E-state index in [0.717, 1.165) is 27.7 Å². The molecule has 1 N–H and O–H groups in total. The van der Waals surface area contributed by atoms with E-state index in [1.807, 2.05) is 48.7 Å². The average molecular weight is 377 g/mol. The number of aromatic nitrogens is 1. The highest BCUT2D eigenvalue weighted by molar-refractivity contribution is 7.98. The van der Waals surface area contributed by atoms with Gasteiger partial charge in [-0.3, -0.25) is 14.7 Å². The van der Waals surface area contributed by atoms with Gasteiger partial charge in [-0.05, 0) is 60.9 Å². The highest BCUT2D eigenvalue weighted by Crippen LogP contribution is 2.37. The molecular formula is C21H19N3O2S. The smallest absolute Gasteiger partial charge is 0.262 e. The number of fused-ring (bicyclic) bond motifs is 1. The Bertz CT molecular complexity index is 975. The van der Waals surface area contributed by atoms with E-state index < -0.39 is 0 Å². The van der Waals surface area contributed by atoms with Crippen molar-refractivity contribution in [1.29, 1.82) is 0 Å². The standard InChI is InChI=1S/C21H19N3O2S/c1-26-16-10-8-15(9-11-16)24-20(19-18(21(24)25)7-4-12-22-19)23-14-5-3-6-17(13-14)27-2/h3-13,20,23H,1-2H3/t20-/m1/s1. The van der Waals surface area contributed by atoms with E-state index in [9.17, 15) is 4.79 Å². The Balaban J connectivity index is 1.74. The summed E-state index contributed by atoms with van der Waals surface area (Å²) in [5, 5.41) is 3.48. The summed E-state index contributed by atoms with van der Waals surface area (Å²) in [7, 11) is 1.62. The largest absolute Gasteiger partial charge is 0.497 e. The molecule has 0 fully saturated rings. The van der Waals surface area contributed by atoms with Crippen LogP contribution < -0.4 is 15.0 Å². The Hall–Kier alpha value is -2.99. The van der Waals surface area contributed by atoms with E-state index in [-0.39, 0.29) is 12.1 Å². The normalized spacial score (nSPS) is 15.6. The molecule has 1 amide bonds. The summed E-state index contributed by atoms with van der Waals surface area (Å²) < 4.78 is 5.23. The highest BCUT2D eigenvalue weighted by Gasteiger charge is 2.39. The highest BCUT2D eigenvalue weighted by atomic mass is 32.2. The fourth-order valence-corrected chi connectivity index (χ4v) is 3.66. The number of carbonyl (C=O) groups is 1. The van der Waals surface area contributed by atoms with Crippen molar-refractivity contribution in [1.82, 2.24) is 4.98 Å². The van der Waals surface area contributed by atoms with Crippen molar-refractivity contribution in [2.75, 3.05) is 23.6 Å². The van der Waals surface area contributed by atoms with Crippen molar-refractivity contribution >= 4 is 29.0 Å². The summed E-state index contributed by atoms with van der Waals surface area (Å²) in [5.41, 5.74) is 3.08. The van der Waals surface area contributed by atoms with Gasteiger partial charge in [0.2, 0.25) is 0 Å². The van der Waals surface area contributed by atoms with Gasteiger partial charge in [0.05, 0.1) is 18.4 Å². The van der Waals surface area contributed by atoms with Crippen molar-refractivity contribution in [2.45, 2.75) is 11.1 Å². The molecule has 0 bridgehead atoms. The third kappa shape index (κ3) is 3.24. The first-order valence-electron chi connectivity index (χ1n) is 8.54. The average Bonchev–Trinajstić information content (AvgIpc) is 3.00. The molecule has 4 rings (SSSR count). The van der Waals surface area contributed by atoms with E-state index in [4.69, 9.17) is 4.74 Å². The molecule has 3 aromatic rings. The molecule has 0 aliphatic carbocycles. The number of pyridine rings is 1. The predicted molar refractivity (Wildman–Crippen MR) is 109 cm³/mol. The van der Waals surface area contributed by atoms with Gasteiger partial charge in [-0.1, -0.05) is 6.07 Å². The van der Waals surface area contributed by atoms with Crippen LogP contribution in [0.2, 0.25) is 0 Å². The van der Waals surface area contributed by atoms with Gasteiger partial charge in [0, 0.05) is 22.5 Å². The number of benzene rings is 2. The first-order chi connectivity index (χ1) is 13.2. The maximum absolute atomic E-state index is 13.1. The molecule has 2 heterocycles. The van der Waals surface area contributed by atoms with Crippen LogP contribution in [0, 0.1) is 0 Å². The number of amides is 1. The molecule has 0 saturated heterocycles. The lowest BCUT2D eigenvalue weighted by atomic mass is 10.2. The maximum Gasteiger partial charge on any atom is 0.262 e. The third-order valence-electron chi connectivity index (χ3n) is 4.53. The van der Waals surface area contributed by atoms with Gasteiger partial charge >= 0.3 is 0 Å². The number of ether oxygens (including phenoxy) is 1. The summed E-state index contributed by atoms with van der Waals surface area (Å²) in [5.74, 6) is 0.681. The summed E-state index contributed by atoms with van der Waals surface area (Å²) >= 11 is 1.68. The van der Waals surface area contributed by atoms with Crippen LogP contribution in [0.5, 0.6) is 5.75 Å². The van der Waals surface area contributed by atoms with Gasteiger partial charge in [0.1, 0.15) is 5.75 Å². The Morgan fingerprint density at radius 2 is 1.93 bits per heavy atom. The van der Waals surface area contributed by atoms with Crippen molar-refractivity contribution in [2.24, 2.45) is 0 Å². The number of anilines is 2. The molecule has 0 spiro atoms. The van der Waals surface area contributed by atoms with Crippen LogP contribution in [0.25, 0.3) is 0 Å². The number of nitrogens with zero attached hydrogens (tertiary/aromatic N) is 2. The van der Waals surface area contributed by atoms with Crippen LogP contribution in [0.3, 0.4) is 0 Å². The Morgan fingerprint density at radius 3 is 2.67 bits per heavy atom. The second-order valence-electron chi connectivity index (χ2n) is 6.09. The van der Waals surface area contributed by atoms with Gasteiger partial charge < -0.3 is 10.1 Å². The molecule has 136 valence electrons. The van der Waals surface area contributed by atoms with Crippen LogP contribution in [0.1, 0.15) is 22.2 Å². The first kappa shape index (κ1) is 17.4. The Kier molecular flexibility index (Phi) is 4.73. The van der Waals surface area contributed by atoms with Crippen LogP contribution in [-0.4, -0.2) is 24.3 Å². The summed E-state index contributed by atoms with van der Waals surface area (Å²) in [6.07, 6.45) is 3.38. The third-order valence-corrected chi connectivity index (χ3v) is 5.25. The van der Waals surface area contributed by atoms with Gasteiger partial charge in [-0.15, -0.1) is 11.8 Å². The lowest BCUT2D eigenvalue weighted by molar-refractivity contribution is 0.0993. The molecule has 5 nitrogen and oxygen atoms in total. The number of methoxy groups -OCH3 is 1. The van der Waals surface area contributed by atoms with Crippen LogP contribution in [0.4, 0.5) is 11.4 Å². The molecule has 6 heteroatoms. The van der Waals surface area contributed by atoms with E-state index in [1.165, 1.54) is 0 Å². The summed E-state index contributed by atoms with van der Waals surface area (Å²) in [4.78, 5) is 20.5.